The van der Waals surface area contributed by atoms with Gasteiger partial charge in [0.25, 0.3) is 0 Å². The van der Waals surface area contributed by atoms with Gasteiger partial charge in [-0.25, -0.2) is 9.97 Å². The van der Waals surface area contributed by atoms with E-state index in [2.05, 4.69) is 36.4 Å². The molecule has 0 saturated carbocycles. The van der Waals surface area contributed by atoms with Crippen molar-refractivity contribution >= 4 is 49.3 Å². The van der Waals surface area contributed by atoms with Crippen molar-refractivity contribution in [3.05, 3.63) is 66.7 Å². The highest BCUT2D eigenvalue weighted by Crippen LogP contribution is 2.34. The maximum Gasteiger partial charge on any atom is 0.112 e. The molecule has 3 nitrogen and oxygen atoms in total. The Morgan fingerprint density at radius 2 is 1.09 bits per heavy atom. The van der Waals surface area contributed by atoms with Gasteiger partial charge in [0.1, 0.15) is 5.52 Å². The van der Waals surface area contributed by atoms with E-state index in [1.807, 2.05) is 30.3 Å². The lowest BCUT2D eigenvalue weighted by Crippen LogP contribution is -1.94. The van der Waals surface area contributed by atoms with Gasteiger partial charge >= 0.3 is 0 Å². The minimum absolute atomic E-state index is 0.661. The Labute approximate surface area is 132 Å². The van der Waals surface area contributed by atoms with Crippen LogP contribution in [-0.2, 0) is 0 Å². The van der Waals surface area contributed by atoms with Crippen molar-refractivity contribution in [1.82, 2.24) is 9.97 Å². The maximum absolute atomic E-state index is 6.10. The van der Waals surface area contributed by atoms with Crippen LogP contribution in [0.2, 0.25) is 0 Å². The number of aromatic nitrogens is 2. The second kappa shape index (κ2) is 4.40. The number of benzene rings is 4. The van der Waals surface area contributed by atoms with Crippen molar-refractivity contribution < 1.29 is 0 Å². The Morgan fingerprint density at radius 1 is 0.522 bits per heavy atom. The molecule has 0 aliphatic rings. The number of nitrogens with two attached hydrogens (primary N) is 1. The van der Waals surface area contributed by atoms with Crippen LogP contribution in [0.25, 0.3) is 43.6 Å². The molecule has 108 valence electrons. The molecule has 23 heavy (non-hydrogen) atoms. The molecule has 1 heterocycles. The Morgan fingerprint density at radius 3 is 1.74 bits per heavy atom. The normalized spacial score (nSPS) is 11.7. The summed E-state index contributed by atoms with van der Waals surface area (Å²) >= 11 is 0. The molecule has 0 spiro atoms. The molecule has 3 heteroatoms. The first-order chi connectivity index (χ1) is 11.3. The van der Waals surface area contributed by atoms with Gasteiger partial charge in [0.15, 0.2) is 0 Å². The van der Waals surface area contributed by atoms with Crippen LogP contribution in [0.15, 0.2) is 66.7 Å². The van der Waals surface area contributed by atoms with E-state index >= 15 is 0 Å². The first kappa shape index (κ1) is 12.4. The molecule has 5 rings (SSSR count). The first-order valence-corrected chi connectivity index (χ1v) is 7.58. The third-order valence-electron chi connectivity index (χ3n) is 4.38. The number of nitrogen functional groups attached to an aromatic ring is 1. The van der Waals surface area contributed by atoms with Crippen molar-refractivity contribution in [1.29, 1.82) is 0 Å². The lowest BCUT2D eigenvalue weighted by molar-refractivity contribution is 1.42. The lowest BCUT2D eigenvalue weighted by Gasteiger charge is -2.10. The molecule has 4 aromatic carbocycles. The van der Waals surface area contributed by atoms with E-state index in [0.29, 0.717) is 5.69 Å². The molecule has 2 N–H and O–H groups in total. The van der Waals surface area contributed by atoms with E-state index in [9.17, 15) is 0 Å². The number of rotatable bonds is 0. The minimum atomic E-state index is 0.661. The average molecular weight is 295 g/mol. The van der Waals surface area contributed by atoms with Gasteiger partial charge in [0.2, 0.25) is 0 Å². The van der Waals surface area contributed by atoms with Crippen LogP contribution < -0.4 is 5.73 Å². The Kier molecular flexibility index (Phi) is 2.36. The fourth-order valence-electron chi connectivity index (χ4n) is 3.32. The van der Waals surface area contributed by atoms with Gasteiger partial charge in [0, 0.05) is 10.8 Å². The molecule has 0 saturated heterocycles. The van der Waals surface area contributed by atoms with Crippen LogP contribution in [0.3, 0.4) is 0 Å². The molecule has 0 amide bonds. The number of para-hydroxylation sites is 1. The molecule has 1 aromatic heterocycles. The van der Waals surface area contributed by atoms with Crippen LogP contribution in [0.1, 0.15) is 0 Å². The molecule has 0 radical (unpaired) electrons. The lowest BCUT2D eigenvalue weighted by atomic mass is 9.99. The summed E-state index contributed by atoms with van der Waals surface area (Å²) in [6.45, 7) is 0. The third-order valence-corrected chi connectivity index (χ3v) is 4.38. The van der Waals surface area contributed by atoms with E-state index in [1.54, 1.807) is 0 Å². The molecular formula is C20H13N3. The molecule has 0 atom stereocenters. The monoisotopic (exact) mass is 295 g/mol. The summed E-state index contributed by atoms with van der Waals surface area (Å²) in [5.74, 6) is 0. The van der Waals surface area contributed by atoms with E-state index in [0.717, 1.165) is 32.8 Å². The Bertz CT molecular complexity index is 1230. The zero-order valence-corrected chi connectivity index (χ0v) is 12.3. The second-order valence-corrected chi connectivity index (χ2v) is 5.73. The number of nitrogens with zero attached hydrogens (tertiary/aromatic N) is 2. The van der Waals surface area contributed by atoms with E-state index in [1.165, 1.54) is 10.8 Å². The van der Waals surface area contributed by atoms with Crippen LogP contribution in [-0.4, -0.2) is 9.97 Å². The van der Waals surface area contributed by atoms with Crippen LogP contribution in [0.4, 0.5) is 5.69 Å². The van der Waals surface area contributed by atoms with Gasteiger partial charge in [-0.05, 0) is 22.9 Å². The van der Waals surface area contributed by atoms with E-state index in [4.69, 9.17) is 15.7 Å². The summed E-state index contributed by atoms with van der Waals surface area (Å²) < 4.78 is 0. The van der Waals surface area contributed by atoms with Gasteiger partial charge in [-0.2, -0.15) is 0 Å². The Balaban J connectivity index is 2.16. The van der Waals surface area contributed by atoms with Gasteiger partial charge in [0.05, 0.1) is 22.2 Å². The summed E-state index contributed by atoms with van der Waals surface area (Å²) in [6.07, 6.45) is 0. The molecular weight excluding hydrogens is 282 g/mol. The highest BCUT2D eigenvalue weighted by atomic mass is 14.8. The molecule has 0 unspecified atom stereocenters. The number of hydrogen-bond donors (Lipinski definition) is 1. The largest absolute Gasteiger partial charge is 0.397 e. The van der Waals surface area contributed by atoms with Gasteiger partial charge in [-0.15, -0.1) is 0 Å². The zero-order chi connectivity index (χ0) is 15.4. The van der Waals surface area contributed by atoms with Crippen LogP contribution in [0, 0.1) is 0 Å². The molecule has 5 aromatic rings. The smallest absolute Gasteiger partial charge is 0.112 e. The standard InChI is InChI=1S/C20H13N3/c21-16-10-5-11-17-20(16)23-19-15-9-4-2-7-13(15)12-6-1-3-8-14(12)18(19)22-17/h1-11H,21H2. The Hall–Kier alpha value is -3.20. The van der Waals surface area contributed by atoms with Crippen molar-refractivity contribution in [3.63, 3.8) is 0 Å². The summed E-state index contributed by atoms with van der Waals surface area (Å²) in [6, 6.07) is 22.4. The summed E-state index contributed by atoms with van der Waals surface area (Å²) in [5, 5.41) is 4.63. The summed E-state index contributed by atoms with van der Waals surface area (Å²) in [7, 11) is 0. The molecule has 0 bridgehead atoms. The maximum atomic E-state index is 6.10. The molecule has 0 aliphatic carbocycles. The SMILES string of the molecule is Nc1cccc2nc3c4ccccc4c4ccccc4c3nc12. The predicted molar refractivity (Wildman–Crippen MR) is 96.5 cm³/mol. The van der Waals surface area contributed by atoms with Gasteiger partial charge in [-0.1, -0.05) is 54.6 Å². The number of hydrogen-bond acceptors (Lipinski definition) is 3. The minimum Gasteiger partial charge on any atom is -0.397 e. The average Bonchev–Trinajstić information content (AvgIpc) is 2.61. The van der Waals surface area contributed by atoms with E-state index in [-0.39, 0.29) is 0 Å². The van der Waals surface area contributed by atoms with Crippen molar-refractivity contribution in [2.24, 2.45) is 0 Å². The zero-order valence-electron chi connectivity index (χ0n) is 12.3. The van der Waals surface area contributed by atoms with Crippen molar-refractivity contribution in [2.45, 2.75) is 0 Å². The van der Waals surface area contributed by atoms with Crippen LogP contribution in [0.5, 0.6) is 0 Å². The third kappa shape index (κ3) is 1.64. The number of fused-ring (bicyclic) bond motifs is 7. The molecule has 0 fully saturated rings. The highest BCUT2D eigenvalue weighted by molar-refractivity contribution is 6.23. The fourth-order valence-corrected chi connectivity index (χ4v) is 3.32. The van der Waals surface area contributed by atoms with Gasteiger partial charge < -0.3 is 5.73 Å². The number of anilines is 1. The first-order valence-electron chi connectivity index (χ1n) is 7.58. The van der Waals surface area contributed by atoms with Crippen molar-refractivity contribution in [2.75, 3.05) is 5.73 Å². The topological polar surface area (TPSA) is 51.8 Å². The van der Waals surface area contributed by atoms with Gasteiger partial charge in [-0.3, -0.25) is 0 Å². The summed E-state index contributed by atoms with van der Waals surface area (Å²) in [4.78, 5) is 9.74. The molecule has 0 aliphatic heterocycles. The van der Waals surface area contributed by atoms with Crippen molar-refractivity contribution in [3.8, 4) is 0 Å². The fraction of sp³-hybridized carbons (Fsp3) is 0. The predicted octanol–water partition coefficient (Wildman–Crippen LogP) is 4.67. The van der Waals surface area contributed by atoms with E-state index < -0.39 is 0 Å². The second-order valence-electron chi connectivity index (χ2n) is 5.73. The van der Waals surface area contributed by atoms with Crippen LogP contribution >= 0.6 is 0 Å². The summed E-state index contributed by atoms with van der Waals surface area (Å²) in [5.41, 5.74) is 10.2. The quantitative estimate of drug-likeness (QED) is 0.256. The highest BCUT2D eigenvalue weighted by Gasteiger charge is 2.12.